The van der Waals surface area contributed by atoms with Gasteiger partial charge in [0, 0.05) is 3.57 Å². The molecule has 0 aliphatic carbocycles. The number of aromatic nitrogens is 2. The molecule has 1 aliphatic rings. The highest BCUT2D eigenvalue weighted by Crippen LogP contribution is 2.33. The van der Waals surface area contributed by atoms with Crippen LogP contribution in [0.2, 0.25) is 0 Å². The zero-order valence-electron chi connectivity index (χ0n) is 10.3. The minimum Gasteiger partial charge on any atom is -0.348 e. The monoisotopic (exact) mass is 408 g/mol. The van der Waals surface area contributed by atoms with Crippen molar-refractivity contribution in [3.63, 3.8) is 0 Å². The van der Waals surface area contributed by atoms with Gasteiger partial charge in [0.15, 0.2) is 0 Å². The largest absolute Gasteiger partial charge is 0.471 e. The number of hydrogen-bond acceptors (Lipinski definition) is 3. The van der Waals surface area contributed by atoms with Crippen LogP contribution in [0.4, 0.5) is 24.5 Å². The number of H-pyrrole nitrogens is 1. The topological polar surface area (TPSA) is 69.8 Å². The van der Waals surface area contributed by atoms with Crippen LogP contribution in [0, 0.1) is 3.57 Å². The fourth-order valence-corrected chi connectivity index (χ4v) is 4.42. The molecule has 0 saturated heterocycles. The van der Waals surface area contributed by atoms with E-state index < -0.39 is 32.8 Å². The van der Waals surface area contributed by atoms with Crippen LogP contribution in [0.25, 0.3) is 0 Å². The van der Waals surface area contributed by atoms with E-state index in [1.165, 1.54) is 6.20 Å². The number of rotatable bonds is 2. The first kappa shape index (κ1) is 14.0. The molecule has 0 unspecified atom stereocenters. The molecule has 2 aromatic rings. The molecule has 0 fully saturated rings. The molecular formula is C12H8F3IN4O. The van der Waals surface area contributed by atoms with E-state index in [1.54, 1.807) is 0 Å². The predicted molar refractivity (Wildman–Crippen MR) is 80.2 cm³/mol. The highest BCUT2D eigenvalue weighted by Gasteiger charge is 2.39. The molecular weight excluding hydrogens is 400 g/mol. The Morgan fingerprint density at radius 3 is 2.76 bits per heavy atom. The van der Waals surface area contributed by atoms with Gasteiger partial charge in [-0.1, -0.05) is 32.9 Å². The smallest absolute Gasteiger partial charge is 0.348 e. The van der Waals surface area contributed by atoms with E-state index in [0.29, 0.717) is 5.69 Å². The molecule has 3 N–H and O–H groups in total. The molecule has 0 spiro atoms. The van der Waals surface area contributed by atoms with Crippen LogP contribution in [0.5, 0.6) is 0 Å². The summed E-state index contributed by atoms with van der Waals surface area (Å²) in [5.74, 6) is -2.01. The van der Waals surface area contributed by atoms with Crippen LogP contribution < -0.4 is 10.6 Å². The number of aromatic amines is 1. The fourth-order valence-electron chi connectivity index (χ4n) is 1.74. The van der Waals surface area contributed by atoms with Crippen molar-refractivity contribution in [1.29, 1.82) is 0 Å². The van der Waals surface area contributed by atoms with Gasteiger partial charge in [0.25, 0.3) is 0 Å². The first-order valence-electron chi connectivity index (χ1n) is 5.75. The molecule has 0 bridgehead atoms. The predicted octanol–water partition coefficient (Wildman–Crippen LogP) is 2.65. The summed E-state index contributed by atoms with van der Waals surface area (Å²) in [5.41, 5.74) is 1.34. The van der Waals surface area contributed by atoms with Gasteiger partial charge in [-0.15, -0.1) is 0 Å². The minimum atomic E-state index is -4.93. The maximum absolute atomic E-state index is 12.3. The second-order valence-electron chi connectivity index (χ2n) is 4.12. The summed E-state index contributed by atoms with van der Waals surface area (Å²) >= 11 is -0.566. The van der Waals surface area contributed by atoms with E-state index in [1.807, 2.05) is 29.6 Å². The number of carbonyl (C=O) groups excluding carboxylic acids is 1. The van der Waals surface area contributed by atoms with Gasteiger partial charge in [-0.2, -0.15) is 18.3 Å². The number of para-hydroxylation sites is 1. The lowest BCUT2D eigenvalue weighted by atomic mass is 10.3. The Balaban J connectivity index is 1.87. The molecule has 5 nitrogen and oxygen atoms in total. The lowest BCUT2D eigenvalue weighted by Gasteiger charge is -2.08. The Bertz CT molecular complexity index is 738. The molecule has 1 aromatic carbocycles. The zero-order valence-corrected chi connectivity index (χ0v) is 12.4. The molecule has 0 radical (unpaired) electrons. The normalized spacial score (nSPS) is 13.8. The molecule has 0 saturated carbocycles. The molecule has 1 aliphatic heterocycles. The van der Waals surface area contributed by atoms with E-state index in [0.717, 1.165) is 12.9 Å². The van der Waals surface area contributed by atoms with Gasteiger partial charge in [-0.05, 0) is 12.1 Å². The van der Waals surface area contributed by atoms with Crippen molar-refractivity contribution in [3.8, 4) is 0 Å². The van der Waals surface area contributed by atoms with Gasteiger partial charge in [-0.3, -0.25) is 9.89 Å². The van der Waals surface area contributed by atoms with Crippen LogP contribution in [-0.4, -0.2) is 25.9 Å². The van der Waals surface area contributed by atoms with Gasteiger partial charge < -0.3 is 10.6 Å². The van der Waals surface area contributed by atoms with Gasteiger partial charge in [0.2, 0.25) is 0 Å². The van der Waals surface area contributed by atoms with Crippen molar-refractivity contribution < 1.29 is 18.0 Å². The second kappa shape index (κ2) is 5.13. The van der Waals surface area contributed by atoms with E-state index in [4.69, 9.17) is 0 Å². The standard InChI is InChI=1S/C12H8F3IN4O/c13-12(14,15)11(21)19-8-5-17-20-9(8)10-16-6-3-1-2-4-7(6)18-10/h1-5,18H,(H,17,20)(H,19,21). The van der Waals surface area contributed by atoms with Crippen LogP contribution >= 0.6 is 20.7 Å². The summed E-state index contributed by atoms with van der Waals surface area (Å²) in [4.78, 5) is 11.0. The number of halogens is 4. The van der Waals surface area contributed by atoms with Crippen LogP contribution in [0.3, 0.4) is 0 Å². The molecule has 1 amide bonds. The highest BCUT2D eigenvalue weighted by molar-refractivity contribution is 14.2. The van der Waals surface area contributed by atoms with Crippen molar-refractivity contribution in [3.05, 3.63) is 39.7 Å². The number of amides is 1. The summed E-state index contributed by atoms with van der Waals surface area (Å²) in [7, 11) is 0. The quantitative estimate of drug-likeness (QED) is 0.670. The minimum absolute atomic E-state index is 0.0207. The Labute approximate surface area is 126 Å². The van der Waals surface area contributed by atoms with Crippen molar-refractivity contribution in [2.24, 2.45) is 0 Å². The van der Waals surface area contributed by atoms with Gasteiger partial charge in [0.1, 0.15) is 9.33 Å². The number of hydrogen-bond donors (Lipinski definition) is 3. The number of alkyl halides is 3. The van der Waals surface area contributed by atoms with E-state index in [2.05, 4.69) is 15.5 Å². The lowest BCUT2D eigenvalue weighted by molar-refractivity contribution is -0.167. The summed E-state index contributed by atoms with van der Waals surface area (Å²) in [6.07, 6.45) is -3.76. The SMILES string of the molecule is O=C(Nc1cn[nH]c1C1=Ic2ccccc2N1)C(F)(F)F. The van der Waals surface area contributed by atoms with Crippen molar-refractivity contribution >= 4 is 41.6 Å². The molecule has 2 heterocycles. The Morgan fingerprint density at radius 1 is 1.29 bits per heavy atom. The Kier molecular flexibility index (Phi) is 3.43. The van der Waals surface area contributed by atoms with Gasteiger partial charge >= 0.3 is 12.1 Å². The first-order chi connectivity index (χ1) is 9.95. The fraction of sp³-hybridized carbons (Fsp3) is 0.0833. The third-order valence-corrected chi connectivity index (χ3v) is 5.55. The third kappa shape index (κ3) is 2.77. The Morgan fingerprint density at radius 2 is 2.05 bits per heavy atom. The zero-order chi connectivity index (χ0) is 15.0. The van der Waals surface area contributed by atoms with Crippen LogP contribution in [0.15, 0.2) is 30.5 Å². The van der Waals surface area contributed by atoms with E-state index >= 15 is 0 Å². The molecule has 1 aromatic heterocycles. The molecule has 21 heavy (non-hydrogen) atoms. The summed E-state index contributed by atoms with van der Waals surface area (Å²) in [6, 6.07) is 7.64. The number of nitrogens with zero attached hydrogens (tertiary/aromatic N) is 1. The van der Waals surface area contributed by atoms with E-state index in [-0.39, 0.29) is 5.69 Å². The number of benzene rings is 1. The van der Waals surface area contributed by atoms with Gasteiger partial charge in [0.05, 0.1) is 17.6 Å². The number of carbonyl (C=O) groups is 1. The van der Waals surface area contributed by atoms with Crippen molar-refractivity contribution in [2.75, 3.05) is 10.6 Å². The molecule has 0 atom stereocenters. The summed E-state index contributed by atoms with van der Waals surface area (Å²) in [6.45, 7) is 0. The molecule has 9 heteroatoms. The van der Waals surface area contributed by atoms with Crippen LogP contribution in [0.1, 0.15) is 5.69 Å². The summed E-state index contributed by atoms with van der Waals surface area (Å²) < 4.78 is 38.8. The number of nitrogens with one attached hydrogen (secondary N) is 3. The summed E-state index contributed by atoms with van der Waals surface area (Å²) in [5, 5.41) is 11.3. The lowest BCUT2D eigenvalue weighted by Crippen LogP contribution is -2.30. The molecule has 3 rings (SSSR count). The molecule has 110 valence electrons. The van der Waals surface area contributed by atoms with Crippen LogP contribution in [-0.2, 0) is 4.79 Å². The highest BCUT2D eigenvalue weighted by atomic mass is 127. The first-order valence-corrected chi connectivity index (χ1v) is 7.90. The second-order valence-corrected chi connectivity index (χ2v) is 6.90. The number of anilines is 2. The Hall–Kier alpha value is -1.91. The van der Waals surface area contributed by atoms with Crippen molar-refractivity contribution in [1.82, 2.24) is 10.2 Å². The third-order valence-electron chi connectivity index (χ3n) is 2.68. The maximum Gasteiger partial charge on any atom is 0.471 e. The number of fused-ring (bicyclic) bond motifs is 1. The maximum atomic E-state index is 12.3. The van der Waals surface area contributed by atoms with Gasteiger partial charge in [-0.25, -0.2) is 0 Å². The average molecular weight is 408 g/mol. The van der Waals surface area contributed by atoms with Crippen molar-refractivity contribution in [2.45, 2.75) is 6.18 Å². The van der Waals surface area contributed by atoms with E-state index in [9.17, 15) is 18.0 Å². The average Bonchev–Trinajstić information content (AvgIpc) is 3.02.